The molecule has 0 aliphatic rings. The first kappa shape index (κ1) is 29.8. The summed E-state index contributed by atoms with van der Waals surface area (Å²) in [6.45, 7) is 6.51. The van der Waals surface area contributed by atoms with Crippen molar-refractivity contribution >= 4 is 27.5 Å². The molecule has 6 nitrogen and oxygen atoms in total. The van der Waals surface area contributed by atoms with Gasteiger partial charge in [0.05, 0.1) is 4.70 Å². The molecule has 8 heteroatoms. The van der Waals surface area contributed by atoms with E-state index in [9.17, 15) is 19.1 Å². The van der Waals surface area contributed by atoms with Crippen LogP contribution in [-0.2, 0) is 17.6 Å². The molecule has 0 fully saturated rings. The van der Waals surface area contributed by atoms with Crippen molar-refractivity contribution in [2.75, 3.05) is 19.6 Å². The highest BCUT2D eigenvalue weighted by Gasteiger charge is 2.21. The summed E-state index contributed by atoms with van der Waals surface area (Å²) in [4.78, 5) is 29.7. The minimum Gasteiger partial charge on any atom is -0.506 e. The molecule has 38 heavy (non-hydrogen) atoms. The fourth-order valence-electron chi connectivity index (χ4n) is 5.03. The van der Waals surface area contributed by atoms with Gasteiger partial charge in [0.15, 0.2) is 0 Å². The fraction of sp³-hybridized carbons (Fsp3) is 0.533. The normalized spacial score (nSPS) is 11.5. The van der Waals surface area contributed by atoms with E-state index >= 15 is 0 Å². The second-order valence-corrected chi connectivity index (χ2v) is 11.0. The largest absolute Gasteiger partial charge is 0.506 e. The number of amides is 1. The van der Waals surface area contributed by atoms with Crippen LogP contribution in [0, 0.1) is 5.82 Å². The number of phenolic OH excluding ortho intramolecular Hbond substituents is 1. The maximum atomic E-state index is 13.3. The van der Waals surface area contributed by atoms with Gasteiger partial charge < -0.3 is 20.3 Å². The molecule has 3 rings (SSSR count). The number of nitrogens with one attached hydrogen (secondary N) is 2. The first-order valence-electron chi connectivity index (χ1n) is 14.0. The lowest BCUT2D eigenvalue weighted by Crippen LogP contribution is -2.42. The number of halogens is 1. The minimum absolute atomic E-state index is 0.110. The Morgan fingerprint density at radius 2 is 1.76 bits per heavy atom. The summed E-state index contributed by atoms with van der Waals surface area (Å²) in [5.74, 6) is 0.0976. The Morgan fingerprint density at radius 3 is 2.47 bits per heavy atom. The van der Waals surface area contributed by atoms with Crippen molar-refractivity contribution in [3.63, 3.8) is 0 Å². The van der Waals surface area contributed by atoms with Crippen LogP contribution in [0.4, 0.5) is 4.39 Å². The Kier molecular flexibility index (Phi) is 12.3. The average molecular weight is 544 g/mol. The van der Waals surface area contributed by atoms with Gasteiger partial charge in [0.2, 0.25) is 5.91 Å². The lowest BCUT2D eigenvalue weighted by Gasteiger charge is -2.32. The first-order valence-corrected chi connectivity index (χ1v) is 14.8. The lowest BCUT2D eigenvalue weighted by molar-refractivity contribution is -0.133. The number of carbonyl (C=O) groups excluding carboxylic acids is 1. The van der Waals surface area contributed by atoms with Crippen molar-refractivity contribution in [2.45, 2.75) is 84.1 Å². The Balaban J connectivity index is 1.47. The van der Waals surface area contributed by atoms with E-state index in [0.29, 0.717) is 18.5 Å². The predicted molar refractivity (Wildman–Crippen MR) is 155 cm³/mol. The quantitative estimate of drug-likeness (QED) is 0.178. The van der Waals surface area contributed by atoms with Crippen LogP contribution in [0.15, 0.2) is 41.2 Å². The smallest absolute Gasteiger partial charge is 0.305 e. The van der Waals surface area contributed by atoms with Gasteiger partial charge in [-0.05, 0) is 74.4 Å². The van der Waals surface area contributed by atoms with Crippen LogP contribution in [0.1, 0.15) is 76.3 Å². The number of unbranched alkanes of at least 4 members (excludes halogenated alkanes) is 2. The highest BCUT2D eigenvalue weighted by molar-refractivity contribution is 7.16. The zero-order valence-corrected chi connectivity index (χ0v) is 23.5. The van der Waals surface area contributed by atoms with E-state index in [1.54, 1.807) is 18.2 Å². The number of fused-ring (bicyclic) bond motifs is 1. The van der Waals surface area contributed by atoms with Gasteiger partial charge >= 0.3 is 4.87 Å². The van der Waals surface area contributed by atoms with Crippen LogP contribution in [0.5, 0.6) is 5.75 Å². The van der Waals surface area contributed by atoms with Crippen LogP contribution in [-0.4, -0.2) is 46.6 Å². The zero-order chi connectivity index (χ0) is 27.3. The average Bonchev–Trinajstić information content (AvgIpc) is 3.30. The molecule has 208 valence electrons. The lowest BCUT2D eigenvalue weighted by atomic mass is 10.0. The summed E-state index contributed by atoms with van der Waals surface area (Å²) in [5.41, 5.74) is 2.69. The molecular weight excluding hydrogens is 501 g/mol. The highest BCUT2D eigenvalue weighted by Crippen LogP contribution is 2.29. The first-order chi connectivity index (χ1) is 18.4. The summed E-state index contributed by atoms with van der Waals surface area (Å²) in [6, 6.07) is 10.4. The molecule has 3 N–H and O–H groups in total. The maximum Gasteiger partial charge on any atom is 0.305 e. The van der Waals surface area contributed by atoms with Crippen molar-refractivity contribution < 1.29 is 14.3 Å². The van der Waals surface area contributed by atoms with Crippen LogP contribution in [0.3, 0.4) is 0 Å². The van der Waals surface area contributed by atoms with Crippen molar-refractivity contribution in [2.24, 2.45) is 0 Å². The molecule has 0 unspecified atom stereocenters. The number of carbonyl (C=O) groups is 1. The molecule has 0 aliphatic carbocycles. The van der Waals surface area contributed by atoms with Crippen molar-refractivity contribution in [1.82, 2.24) is 15.2 Å². The number of H-pyrrole nitrogens is 1. The second kappa shape index (κ2) is 15.6. The molecule has 1 aromatic heterocycles. The molecule has 2 aromatic carbocycles. The van der Waals surface area contributed by atoms with Crippen molar-refractivity contribution in [3.8, 4) is 5.75 Å². The van der Waals surface area contributed by atoms with E-state index in [4.69, 9.17) is 0 Å². The molecule has 0 saturated carbocycles. The number of aromatic nitrogens is 1. The fourth-order valence-corrected chi connectivity index (χ4v) is 5.92. The van der Waals surface area contributed by atoms with Gasteiger partial charge in [0, 0.05) is 25.6 Å². The number of aromatic hydroxyl groups is 1. The predicted octanol–water partition coefficient (Wildman–Crippen LogP) is 6.17. The summed E-state index contributed by atoms with van der Waals surface area (Å²) in [5, 5.41) is 13.4. The SMILES string of the molecule is CCCC(CCC)N(CCCCCc1ccc(O)c2[nH]c(=O)sc12)C(=O)CCNCCc1ccc(F)cc1. The van der Waals surface area contributed by atoms with Gasteiger partial charge in [-0.2, -0.15) is 0 Å². The van der Waals surface area contributed by atoms with Crippen LogP contribution >= 0.6 is 11.3 Å². The zero-order valence-electron chi connectivity index (χ0n) is 22.7. The van der Waals surface area contributed by atoms with E-state index in [1.165, 1.54) is 12.1 Å². The minimum atomic E-state index is -0.224. The maximum absolute atomic E-state index is 13.3. The molecule has 1 amide bonds. The number of aryl methyl sites for hydroxylation is 1. The molecule has 1 heterocycles. The van der Waals surface area contributed by atoms with Crippen LogP contribution < -0.4 is 10.2 Å². The Morgan fingerprint density at radius 1 is 1.03 bits per heavy atom. The van der Waals surface area contributed by atoms with Gasteiger partial charge in [-0.1, -0.05) is 62.6 Å². The van der Waals surface area contributed by atoms with Gasteiger partial charge in [-0.15, -0.1) is 0 Å². The Hall–Kier alpha value is -2.71. The van der Waals surface area contributed by atoms with Crippen LogP contribution in [0.25, 0.3) is 10.2 Å². The number of thiazole rings is 1. The van der Waals surface area contributed by atoms with Gasteiger partial charge in [-0.25, -0.2) is 4.39 Å². The molecule has 0 saturated heterocycles. The number of nitrogens with zero attached hydrogens (tertiary/aromatic N) is 1. The number of rotatable bonds is 17. The summed E-state index contributed by atoms with van der Waals surface area (Å²) in [7, 11) is 0. The van der Waals surface area contributed by atoms with Crippen molar-refractivity contribution in [1.29, 1.82) is 0 Å². The second-order valence-electron chi connectivity index (χ2n) is 9.97. The molecule has 0 spiro atoms. The summed E-state index contributed by atoms with van der Waals surface area (Å²) >= 11 is 1.15. The van der Waals surface area contributed by atoms with E-state index in [-0.39, 0.29) is 28.4 Å². The number of hydrogen-bond donors (Lipinski definition) is 3. The summed E-state index contributed by atoms with van der Waals surface area (Å²) < 4.78 is 13.9. The van der Waals surface area contributed by atoms with E-state index in [0.717, 1.165) is 98.0 Å². The van der Waals surface area contributed by atoms with E-state index < -0.39 is 0 Å². The Labute approximate surface area is 229 Å². The van der Waals surface area contributed by atoms with Gasteiger partial charge in [-0.3, -0.25) is 9.59 Å². The van der Waals surface area contributed by atoms with Crippen molar-refractivity contribution in [3.05, 3.63) is 63.0 Å². The highest BCUT2D eigenvalue weighted by atomic mass is 32.1. The number of hydrogen-bond acceptors (Lipinski definition) is 5. The third-order valence-electron chi connectivity index (χ3n) is 7.01. The number of aromatic amines is 1. The topological polar surface area (TPSA) is 85.4 Å². The molecule has 0 radical (unpaired) electrons. The van der Waals surface area contributed by atoms with Gasteiger partial charge in [0.1, 0.15) is 17.1 Å². The third kappa shape index (κ3) is 8.95. The molecule has 0 bridgehead atoms. The molecule has 0 atom stereocenters. The Bertz CT molecular complexity index is 1190. The van der Waals surface area contributed by atoms with E-state index in [2.05, 4.69) is 29.0 Å². The monoisotopic (exact) mass is 543 g/mol. The van der Waals surface area contributed by atoms with E-state index in [1.807, 2.05) is 6.07 Å². The molecular formula is C30H42FN3O3S. The summed E-state index contributed by atoms with van der Waals surface area (Å²) in [6.07, 6.45) is 9.18. The molecule has 3 aromatic rings. The van der Waals surface area contributed by atoms with Crippen LogP contribution in [0.2, 0.25) is 0 Å². The standard InChI is InChI=1S/C30H42FN3O3S/c1-3-8-25(9-4-2)34(27(36)18-20-32-19-17-22-11-14-24(31)15-12-22)21-7-5-6-10-23-13-16-26(35)28-29(23)38-30(37)33-28/h11-16,25,32,35H,3-10,17-21H2,1-2H3,(H,33,37). The number of phenols is 1. The molecule has 0 aliphatic heterocycles. The van der Waals surface area contributed by atoms with Gasteiger partial charge in [0.25, 0.3) is 0 Å². The third-order valence-corrected chi connectivity index (χ3v) is 7.97. The number of benzene rings is 2.